The zero-order chi connectivity index (χ0) is 10.1. The van der Waals surface area contributed by atoms with Crippen molar-refractivity contribution in [2.45, 2.75) is 0 Å². The van der Waals surface area contributed by atoms with Gasteiger partial charge >= 0.3 is 5.91 Å². The number of hydrogen-bond donors (Lipinski definition) is 1. The first-order chi connectivity index (χ1) is 6.68. The molecule has 1 N–H and O–H groups in total. The molecule has 1 amide bonds. The van der Waals surface area contributed by atoms with E-state index in [2.05, 4.69) is 5.43 Å². The van der Waals surface area contributed by atoms with Crippen molar-refractivity contribution in [3.63, 3.8) is 0 Å². The first-order valence-corrected chi connectivity index (χ1v) is 4.42. The van der Waals surface area contributed by atoms with Gasteiger partial charge in [0.25, 0.3) is 0 Å². The number of hydrogen-bond acceptors (Lipinski definition) is 3. The second-order valence-corrected chi connectivity index (χ2v) is 3.31. The van der Waals surface area contributed by atoms with Crippen molar-refractivity contribution < 1.29 is 9.59 Å². The van der Waals surface area contributed by atoms with Crippen LogP contribution >= 0.6 is 11.6 Å². The van der Waals surface area contributed by atoms with Crippen molar-refractivity contribution in [2.24, 2.45) is 0 Å². The minimum atomic E-state index is -0.535. The van der Waals surface area contributed by atoms with Gasteiger partial charge in [0.1, 0.15) is 0 Å². The second kappa shape index (κ2) is 3.40. The third-order valence-corrected chi connectivity index (χ3v) is 2.18. The number of halogens is 1. The maximum atomic E-state index is 11.3. The molecule has 72 valence electrons. The molecule has 0 aromatic heterocycles. The lowest BCUT2D eigenvalue weighted by molar-refractivity contribution is -0.133. The van der Waals surface area contributed by atoms with E-state index in [1.807, 2.05) is 0 Å². The minimum absolute atomic E-state index is 0.0570. The first-order valence-electron chi connectivity index (χ1n) is 4.05. The number of ketones is 1. The predicted octanol–water partition coefficient (Wildman–Crippen LogP) is 0.760. The molecular formula is C9H7ClN2O2. The molecule has 0 aliphatic carbocycles. The molecule has 14 heavy (non-hydrogen) atoms. The summed E-state index contributed by atoms with van der Waals surface area (Å²) >= 11 is 5.69. The van der Waals surface area contributed by atoms with E-state index in [1.54, 1.807) is 24.3 Å². The highest BCUT2D eigenvalue weighted by Crippen LogP contribution is 2.18. The lowest BCUT2D eigenvalue weighted by Crippen LogP contribution is -2.34. The Balaban J connectivity index is 2.28. The first kappa shape index (κ1) is 9.18. The number of benzene rings is 1. The van der Waals surface area contributed by atoms with Crippen molar-refractivity contribution >= 4 is 29.0 Å². The Morgan fingerprint density at radius 2 is 1.86 bits per heavy atom. The second-order valence-electron chi connectivity index (χ2n) is 2.88. The summed E-state index contributed by atoms with van der Waals surface area (Å²) in [6, 6.07) is 6.67. The monoisotopic (exact) mass is 210 g/mol. The van der Waals surface area contributed by atoms with Gasteiger partial charge < -0.3 is 0 Å². The van der Waals surface area contributed by atoms with Crippen LogP contribution in [0.5, 0.6) is 0 Å². The van der Waals surface area contributed by atoms with Gasteiger partial charge in [0.2, 0.25) is 5.78 Å². The van der Waals surface area contributed by atoms with Crippen molar-refractivity contribution in [1.29, 1.82) is 0 Å². The molecule has 0 radical (unpaired) electrons. The SMILES string of the molecule is O=C1CNN(c2ccc(Cl)cc2)C1=O. The average Bonchev–Trinajstić information content (AvgIpc) is 2.50. The number of amides is 1. The standard InChI is InChI=1S/C9H7ClN2O2/c10-6-1-3-7(4-2-6)12-9(14)8(13)5-11-12/h1-4,11H,5H2. The van der Waals surface area contributed by atoms with Gasteiger partial charge in [-0.2, -0.15) is 0 Å². The van der Waals surface area contributed by atoms with Crippen molar-refractivity contribution in [3.05, 3.63) is 29.3 Å². The summed E-state index contributed by atoms with van der Waals surface area (Å²) < 4.78 is 0. The highest BCUT2D eigenvalue weighted by Gasteiger charge is 2.29. The summed E-state index contributed by atoms with van der Waals surface area (Å²) in [5, 5.41) is 1.81. The molecule has 0 atom stereocenters. The van der Waals surface area contributed by atoms with Gasteiger partial charge in [-0.3, -0.25) is 9.59 Å². The molecule has 1 aromatic carbocycles. The van der Waals surface area contributed by atoms with Gasteiger partial charge in [-0.15, -0.1) is 0 Å². The Hall–Kier alpha value is -1.39. The van der Waals surface area contributed by atoms with Crippen LogP contribution in [-0.2, 0) is 9.59 Å². The van der Waals surface area contributed by atoms with E-state index in [1.165, 1.54) is 5.01 Å². The van der Waals surface area contributed by atoms with E-state index in [4.69, 9.17) is 11.6 Å². The Bertz CT molecular complexity index is 388. The van der Waals surface area contributed by atoms with E-state index in [0.717, 1.165) is 0 Å². The Kier molecular flexibility index (Phi) is 2.23. The maximum Gasteiger partial charge on any atom is 0.310 e. The molecule has 1 aromatic rings. The number of carbonyl (C=O) groups is 2. The number of hydrazine groups is 1. The van der Waals surface area contributed by atoms with E-state index < -0.39 is 11.7 Å². The van der Waals surface area contributed by atoms with Crippen LogP contribution in [0, 0.1) is 0 Å². The van der Waals surface area contributed by atoms with E-state index in [-0.39, 0.29) is 6.54 Å². The van der Waals surface area contributed by atoms with Crippen LogP contribution in [0.3, 0.4) is 0 Å². The molecule has 1 aliphatic heterocycles. The molecule has 1 aliphatic rings. The van der Waals surface area contributed by atoms with Gasteiger partial charge in [0, 0.05) is 5.02 Å². The fraction of sp³-hybridized carbons (Fsp3) is 0.111. The van der Waals surface area contributed by atoms with Crippen LogP contribution in [0.2, 0.25) is 5.02 Å². The molecule has 1 saturated heterocycles. The van der Waals surface area contributed by atoms with E-state index in [9.17, 15) is 9.59 Å². The molecule has 1 heterocycles. The number of nitrogens with one attached hydrogen (secondary N) is 1. The molecule has 0 spiro atoms. The van der Waals surface area contributed by atoms with Crippen molar-refractivity contribution in [2.75, 3.05) is 11.6 Å². The maximum absolute atomic E-state index is 11.3. The molecule has 5 heteroatoms. The molecule has 2 rings (SSSR count). The van der Waals surface area contributed by atoms with E-state index in [0.29, 0.717) is 10.7 Å². The van der Waals surface area contributed by atoms with Crippen LogP contribution in [0.1, 0.15) is 0 Å². The Morgan fingerprint density at radius 3 is 2.36 bits per heavy atom. The predicted molar refractivity (Wildman–Crippen MR) is 51.9 cm³/mol. The van der Waals surface area contributed by atoms with Crippen LogP contribution in [-0.4, -0.2) is 18.2 Å². The van der Waals surface area contributed by atoms with Crippen molar-refractivity contribution in [1.82, 2.24) is 5.43 Å². The zero-order valence-electron chi connectivity index (χ0n) is 7.16. The van der Waals surface area contributed by atoms with E-state index >= 15 is 0 Å². The van der Waals surface area contributed by atoms with Crippen LogP contribution < -0.4 is 10.4 Å². The average molecular weight is 211 g/mol. The molecule has 0 bridgehead atoms. The molecular weight excluding hydrogens is 204 g/mol. The molecule has 4 nitrogen and oxygen atoms in total. The Labute approximate surface area is 85.4 Å². The van der Waals surface area contributed by atoms with Gasteiger partial charge in [0.05, 0.1) is 12.2 Å². The number of Topliss-reactive ketones (excluding diaryl/α,β-unsaturated/α-hetero) is 1. The van der Waals surface area contributed by atoms with Gasteiger partial charge in [-0.1, -0.05) is 11.6 Å². The van der Waals surface area contributed by atoms with Crippen LogP contribution in [0.15, 0.2) is 24.3 Å². The van der Waals surface area contributed by atoms with Gasteiger partial charge in [0.15, 0.2) is 0 Å². The quantitative estimate of drug-likeness (QED) is 0.697. The largest absolute Gasteiger partial charge is 0.310 e. The van der Waals surface area contributed by atoms with Crippen LogP contribution in [0.4, 0.5) is 5.69 Å². The summed E-state index contributed by atoms with van der Waals surface area (Å²) in [4.78, 5) is 22.2. The Morgan fingerprint density at radius 1 is 1.21 bits per heavy atom. The number of carbonyl (C=O) groups excluding carboxylic acids is 2. The zero-order valence-corrected chi connectivity index (χ0v) is 7.91. The molecule has 0 saturated carbocycles. The third-order valence-electron chi connectivity index (χ3n) is 1.92. The number of anilines is 1. The third kappa shape index (κ3) is 1.49. The fourth-order valence-electron chi connectivity index (χ4n) is 1.22. The normalized spacial score (nSPS) is 16.5. The number of nitrogens with zero attached hydrogens (tertiary/aromatic N) is 1. The smallest absolute Gasteiger partial charge is 0.287 e. The summed E-state index contributed by atoms with van der Waals surface area (Å²) in [5.41, 5.74) is 3.30. The topological polar surface area (TPSA) is 49.4 Å². The fourth-order valence-corrected chi connectivity index (χ4v) is 1.35. The lowest BCUT2D eigenvalue weighted by Gasteiger charge is -2.14. The summed E-state index contributed by atoms with van der Waals surface area (Å²) in [5.74, 6) is -0.965. The van der Waals surface area contributed by atoms with Crippen molar-refractivity contribution in [3.8, 4) is 0 Å². The number of rotatable bonds is 1. The van der Waals surface area contributed by atoms with Crippen LogP contribution in [0.25, 0.3) is 0 Å². The summed E-state index contributed by atoms with van der Waals surface area (Å²) in [6.07, 6.45) is 0. The highest BCUT2D eigenvalue weighted by atomic mass is 35.5. The van der Waals surface area contributed by atoms with Gasteiger partial charge in [-0.05, 0) is 24.3 Å². The summed E-state index contributed by atoms with van der Waals surface area (Å²) in [7, 11) is 0. The summed E-state index contributed by atoms with van der Waals surface area (Å²) in [6.45, 7) is 0.0570. The minimum Gasteiger partial charge on any atom is -0.287 e. The lowest BCUT2D eigenvalue weighted by atomic mass is 10.3. The molecule has 1 fully saturated rings. The van der Waals surface area contributed by atoms with Gasteiger partial charge in [-0.25, -0.2) is 10.4 Å². The molecule has 0 unspecified atom stereocenters. The highest BCUT2D eigenvalue weighted by molar-refractivity contribution is 6.43.